The number of carbonyl (C=O) groups excluding carboxylic acids is 1. The van der Waals surface area contributed by atoms with Gasteiger partial charge in [0.25, 0.3) is 0 Å². The maximum absolute atomic E-state index is 12.9. The molecule has 0 aliphatic rings. The lowest BCUT2D eigenvalue weighted by molar-refractivity contribution is -0.123. The van der Waals surface area contributed by atoms with Crippen LogP contribution in [0, 0.1) is 17.0 Å². The van der Waals surface area contributed by atoms with Gasteiger partial charge in [0, 0.05) is 23.2 Å². The standard InChI is InChI=1S/C11H13F2NO2/c1-11(2,3)10(16)14-6-4-7(12)9(15)8(13)5-6/h4-5,15H,1-3H3,(H,14,16). The largest absolute Gasteiger partial charge is 0.503 e. The Morgan fingerprint density at radius 3 is 2.06 bits per heavy atom. The van der Waals surface area contributed by atoms with Crippen molar-refractivity contribution in [2.75, 3.05) is 5.32 Å². The van der Waals surface area contributed by atoms with E-state index >= 15 is 0 Å². The molecule has 0 unspecified atom stereocenters. The highest BCUT2D eigenvalue weighted by Gasteiger charge is 2.22. The number of carbonyl (C=O) groups is 1. The lowest BCUT2D eigenvalue weighted by Crippen LogP contribution is -2.27. The second-order valence-corrected chi connectivity index (χ2v) is 4.49. The van der Waals surface area contributed by atoms with Crippen molar-refractivity contribution in [1.82, 2.24) is 0 Å². The average molecular weight is 229 g/mol. The third kappa shape index (κ3) is 2.68. The number of aromatic hydroxyl groups is 1. The summed E-state index contributed by atoms with van der Waals surface area (Å²) in [4.78, 5) is 11.5. The van der Waals surface area contributed by atoms with E-state index in [1.54, 1.807) is 20.8 Å². The summed E-state index contributed by atoms with van der Waals surface area (Å²) in [7, 11) is 0. The SMILES string of the molecule is CC(C)(C)C(=O)Nc1cc(F)c(O)c(F)c1. The second kappa shape index (κ2) is 4.08. The van der Waals surface area contributed by atoms with Gasteiger partial charge in [0.15, 0.2) is 17.4 Å². The van der Waals surface area contributed by atoms with Crippen molar-refractivity contribution in [3.8, 4) is 5.75 Å². The zero-order valence-electron chi connectivity index (χ0n) is 9.27. The molecule has 0 atom stereocenters. The highest BCUT2D eigenvalue weighted by Crippen LogP contribution is 2.25. The van der Waals surface area contributed by atoms with Crippen molar-refractivity contribution in [2.45, 2.75) is 20.8 Å². The van der Waals surface area contributed by atoms with Gasteiger partial charge in [-0.25, -0.2) is 8.78 Å². The van der Waals surface area contributed by atoms with Crippen LogP contribution >= 0.6 is 0 Å². The number of amides is 1. The van der Waals surface area contributed by atoms with E-state index in [2.05, 4.69) is 5.32 Å². The fourth-order valence-electron chi connectivity index (χ4n) is 0.956. The van der Waals surface area contributed by atoms with Crippen LogP contribution in [0.5, 0.6) is 5.75 Å². The van der Waals surface area contributed by atoms with Gasteiger partial charge in [-0.05, 0) is 0 Å². The Hall–Kier alpha value is -1.65. The molecule has 1 amide bonds. The highest BCUT2D eigenvalue weighted by molar-refractivity contribution is 5.94. The van der Waals surface area contributed by atoms with Gasteiger partial charge in [-0.1, -0.05) is 20.8 Å². The van der Waals surface area contributed by atoms with Crippen molar-refractivity contribution in [3.63, 3.8) is 0 Å². The molecule has 2 N–H and O–H groups in total. The van der Waals surface area contributed by atoms with Crippen LogP contribution < -0.4 is 5.32 Å². The first kappa shape index (κ1) is 12.4. The maximum atomic E-state index is 12.9. The van der Waals surface area contributed by atoms with Gasteiger partial charge in [-0.2, -0.15) is 0 Å². The molecule has 16 heavy (non-hydrogen) atoms. The van der Waals surface area contributed by atoms with E-state index in [1.165, 1.54) is 0 Å². The molecule has 3 nitrogen and oxygen atoms in total. The minimum absolute atomic E-state index is 0.0206. The predicted octanol–water partition coefficient (Wildman–Crippen LogP) is 2.66. The summed E-state index contributed by atoms with van der Waals surface area (Å²) in [5.41, 5.74) is -0.682. The fraction of sp³-hybridized carbons (Fsp3) is 0.364. The van der Waals surface area contributed by atoms with Crippen LogP contribution in [0.2, 0.25) is 0 Å². The number of rotatable bonds is 1. The Morgan fingerprint density at radius 1 is 1.25 bits per heavy atom. The summed E-state index contributed by atoms with van der Waals surface area (Å²) in [5.74, 6) is -3.63. The molecule has 0 spiro atoms. The van der Waals surface area contributed by atoms with Crippen molar-refractivity contribution in [3.05, 3.63) is 23.8 Å². The van der Waals surface area contributed by atoms with Crippen LogP contribution in [0.15, 0.2) is 12.1 Å². The Balaban J connectivity index is 2.96. The number of phenols is 1. The lowest BCUT2D eigenvalue weighted by atomic mass is 9.95. The molecular weight excluding hydrogens is 216 g/mol. The Labute approximate surface area is 92.1 Å². The first-order chi connectivity index (χ1) is 7.21. The molecule has 0 aliphatic carbocycles. The molecule has 0 heterocycles. The minimum Gasteiger partial charge on any atom is -0.503 e. The van der Waals surface area contributed by atoms with Crippen molar-refractivity contribution in [2.24, 2.45) is 5.41 Å². The molecule has 0 aliphatic heterocycles. The molecular formula is C11H13F2NO2. The van der Waals surface area contributed by atoms with E-state index in [4.69, 9.17) is 5.11 Å². The molecule has 0 aromatic heterocycles. The number of phenolic OH excluding ortho intramolecular Hbond substituents is 1. The van der Waals surface area contributed by atoms with E-state index in [0.717, 1.165) is 12.1 Å². The molecule has 1 aromatic carbocycles. The van der Waals surface area contributed by atoms with E-state index in [9.17, 15) is 13.6 Å². The van der Waals surface area contributed by atoms with E-state index < -0.39 is 22.8 Å². The Kier molecular flexibility index (Phi) is 3.16. The van der Waals surface area contributed by atoms with E-state index in [-0.39, 0.29) is 11.6 Å². The van der Waals surface area contributed by atoms with Crippen LogP contribution in [0.25, 0.3) is 0 Å². The van der Waals surface area contributed by atoms with Gasteiger partial charge in [0.1, 0.15) is 0 Å². The molecule has 0 fully saturated rings. The molecule has 0 saturated heterocycles. The van der Waals surface area contributed by atoms with Crippen LogP contribution in [-0.2, 0) is 4.79 Å². The molecule has 0 bridgehead atoms. The number of hydrogen-bond donors (Lipinski definition) is 2. The van der Waals surface area contributed by atoms with Crippen molar-refractivity contribution in [1.29, 1.82) is 0 Å². The van der Waals surface area contributed by atoms with E-state index in [1.807, 2.05) is 0 Å². The van der Waals surface area contributed by atoms with Crippen LogP contribution in [0.4, 0.5) is 14.5 Å². The van der Waals surface area contributed by atoms with Gasteiger partial charge < -0.3 is 10.4 Å². The zero-order valence-corrected chi connectivity index (χ0v) is 9.27. The van der Waals surface area contributed by atoms with Crippen LogP contribution in [0.3, 0.4) is 0 Å². The summed E-state index contributed by atoms with van der Waals surface area (Å²) < 4.78 is 25.9. The van der Waals surface area contributed by atoms with Crippen LogP contribution in [0.1, 0.15) is 20.8 Å². The second-order valence-electron chi connectivity index (χ2n) is 4.49. The number of nitrogens with one attached hydrogen (secondary N) is 1. The predicted molar refractivity (Wildman–Crippen MR) is 56.1 cm³/mol. The van der Waals surface area contributed by atoms with E-state index in [0.29, 0.717) is 0 Å². The first-order valence-electron chi connectivity index (χ1n) is 4.71. The topological polar surface area (TPSA) is 49.3 Å². The fourth-order valence-corrected chi connectivity index (χ4v) is 0.956. The summed E-state index contributed by atoms with van der Waals surface area (Å²) in [6.07, 6.45) is 0. The van der Waals surface area contributed by atoms with Crippen molar-refractivity contribution >= 4 is 11.6 Å². The smallest absolute Gasteiger partial charge is 0.229 e. The van der Waals surface area contributed by atoms with Gasteiger partial charge in [0.2, 0.25) is 5.91 Å². The first-order valence-corrected chi connectivity index (χ1v) is 4.71. The summed E-state index contributed by atoms with van der Waals surface area (Å²) >= 11 is 0. The molecule has 1 rings (SSSR count). The number of anilines is 1. The van der Waals surface area contributed by atoms with Gasteiger partial charge >= 0.3 is 0 Å². The molecule has 0 saturated carbocycles. The zero-order chi connectivity index (χ0) is 12.5. The van der Waals surface area contributed by atoms with Gasteiger partial charge in [0.05, 0.1) is 0 Å². The average Bonchev–Trinajstić information content (AvgIpc) is 2.12. The molecule has 5 heteroatoms. The summed E-state index contributed by atoms with van der Waals surface area (Å²) in [5, 5.41) is 11.2. The highest BCUT2D eigenvalue weighted by atomic mass is 19.1. The normalized spacial score (nSPS) is 11.3. The number of halogens is 2. The van der Waals surface area contributed by atoms with Crippen molar-refractivity contribution < 1.29 is 18.7 Å². The maximum Gasteiger partial charge on any atom is 0.229 e. The number of benzene rings is 1. The molecule has 1 aromatic rings. The third-order valence-corrected chi connectivity index (χ3v) is 1.96. The monoisotopic (exact) mass is 229 g/mol. The Bertz CT molecular complexity index is 401. The van der Waals surface area contributed by atoms with Gasteiger partial charge in [-0.15, -0.1) is 0 Å². The number of hydrogen-bond acceptors (Lipinski definition) is 2. The summed E-state index contributed by atoms with van der Waals surface area (Å²) in [6.45, 7) is 5.03. The minimum atomic E-state index is -1.11. The Morgan fingerprint density at radius 2 is 1.69 bits per heavy atom. The lowest BCUT2D eigenvalue weighted by Gasteiger charge is -2.17. The molecule has 0 radical (unpaired) electrons. The van der Waals surface area contributed by atoms with Gasteiger partial charge in [-0.3, -0.25) is 4.79 Å². The third-order valence-electron chi connectivity index (χ3n) is 1.96. The summed E-state index contributed by atoms with van der Waals surface area (Å²) in [6, 6.07) is 1.73. The quantitative estimate of drug-likeness (QED) is 0.727. The molecule has 88 valence electrons. The van der Waals surface area contributed by atoms with Crippen LogP contribution in [-0.4, -0.2) is 11.0 Å².